The van der Waals surface area contributed by atoms with Gasteiger partial charge in [0.25, 0.3) is 0 Å². The Bertz CT molecular complexity index is 411. The first-order chi connectivity index (χ1) is 7.60. The number of carbonyl (C=O) groups is 2. The lowest BCUT2D eigenvalue weighted by Gasteiger charge is -2.10. The average molecular weight is 224 g/mol. The molecule has 0 aliphatic carbocycles. The predicted molar refractivity (Wildman–Crippen MR) is 55.7 cm³/mol. The maximum absolute atomic E-state index is 11.4. The maximum atomic E-state index is 11.4. The van der Waals surface area contributed by atoms with Crippen LogP contribution in [0.15, 0.2) is 18.2 Å². The summed E-state index contributed by atoms with van der Waals surface area (Å²) in [6.45, 7) is 0. The van der Waals surface area contributed by atoms with Crippen molar-refractivity contribution >= 4 is 11.9 Å². The number of esters is 1. The molecule has 1 aromatic carbocycles. The van der Waals surface area contributed by atoms with Crippen LogP contribution in [-0.4, -0.2) is 31.3 Å². The highest BCUT2D eigenvalue weighted by molar-refractivity contribution is 5.93. The molecule has 0 fully saturated rings. The van der Waals surface area contributed by atoms with Crippen LogP contribution >= 0.6 is 0 Å². The summed E-state index contributed by atoms with van der Waals surface area (Å²) in [6.07, 6.45) is -0.200. The van der Waals surface area contributed by atoms with E-state index in [1.807, 2.05) is 0 Å². The molecule has 1 aromatic rings. The molecule has 86 valence electrons. The topological polar surface area (TPSA) is 72.8 Å². The van der Waals surface area contributed by atoms with Gasteiger partial charge in [0.15, 0.2) is 0 Å². The quantitative estimate of drug-likeness (QED) is 0.775. The first kappa shape index (κ1) is 12.0. The third-order valence-electron chi connectivity index (χ3n) is 2.05. The van der Waals surface area contributed by atoms with Crippen molar-refractivity contribution in [2.24, 2.45) is 0 Å². The van der Waals surface area contributed by atoms with Crippen LogP contribution in [0.25, 0.3) is 0 Å². The van der Waals surface area contributed by atoms with E-state index in [1.165, 1.54) is 20.3 Å². The monoisotopic (exact) mass is 224 g/mol. The Balaban J connectivity index is 3.20. The Labute approximate surface area is 92.6 Å². The zero-order valence-corrected chi connectivity index (χ0v) is 9.02. The van der Waals surface area contributed by atoms with E-state index in [4.69, 9.17) is 9.84 Å². The van der Waals surface area contributed by atoms with Crippen molar-refractivity contribution in [1.82, 2.24) is 0 Å². The molecule has 5 nitrogen and oxygen atoms in total. The maximum Gasteiger partial charge on any atom is 0.341 e. The number of carboxylic acids is 1. The molecule has 5 heteroatoms. The Morgan fingerprint density at radius 2 is 2.00 bits per heavy atom. The number of aliphatic carboxylic acids is 1. The number of methoxy groups -OCH3 is 2. The van der Waals surface area contributed by atoms with E-state index in [9.17, 15) is 9.59 Å². The summed E-state index contributed by atoms with van der Waals surface area (Å²) in [4.78, 5) is 22.0. The lowest BCUT2D eigenvalue weighted by molar-refractivity contribution is -0.136. The summed E-state index contributed by atoms with van der Waals surface area (Å²) in [6, 6.07) is 4.71. The summed E-state index contributed by atoms with van der Waals surface area (Å²) in [5.74, 6) is -1.29. The van der Waals surface area contributed by atoms with Gasteiger partial charge < -0.3 is 14.6 Å². The number of ether oxygens (including phenoxy) is 2. The number of benzene rings is 1. The SMILES string of the molecule is COC(=O)c1cccc(CC(=O)O)c1OC. The molecular formula is C11H12O5. The molecular weight excluding hydrogens is 212 g/mol. The van der Waals surface area contributed by atoms with E-state index in [-0.39, 0.29) is 17.7 Å². The van der Waals surface area contributed by atoms with Crippen molar-refractivity contribution in [3.8, 4) is 5.75 Å². The van der Waals surface area contributed by atoms with Gasteiger partial charge in [-0.05, 0) is 6.07 Å². The highest BCUT2D eigenvalue weighted by Gasteiger charge is 2.17. The molecule has 0 spiro atoms. The van der Waals surface area contributed by atoms with Gasteiger partial charge in [0.2, 0.25) is 0 Å². The zero-order valence-electron chi connectivity index (χ0n) is 9.02. The van der Waals surface area contributed by atoms with Crippen LogP contribution < -0.4 is 4.74 Å². The summed E-state index contributed by atoms with van der Waals surface area (Å²) in [5, 5.41) is 8.70. The molecule has 0 bridgehead atoms. The molecule has 1 N–H and O–H groups in total. The van der Waals surface area contributed by atoms with Crippen LogP contribution in [0.5, 0.6) is 5.75 Å². The summed E-state index contributed by atoms with van der Waals surface area (Å²) < 4.78 is 9.61. The van der Waals surface area contributed by atoms with E-state index < -0.39 is 11.9 Å². The van der Waals surface area contributed by atoms with Gasteiger partial charge in [-0.25, -0.2) is 4.79 Å². The minimum atomic E-state index is -0.986. The minimum Gasteiger partial charge on any atom is -0.496 e. The Morgan fingerprint density at radius 3 is 2.50 bits per heavy atom. The zero-order chi connectivity index (χ0) is 12.1. The molecule has 0 saturated carbocycles. The number of carboxylic acid groups (broad SMARTS) is 1. The smallest absolute Gasteiger partial charge is 0.341 e. The second-order valence-electron chi connectivity index (χ2n) is 3.06. The summed E-state index contributed by atoms with van der Waals surface area (Å²) >= 11 is 0. The summed E-state index contributed by atoms with van der Waals surface area (Å²) in [5.41, 5.74) is 0.668. The fourth-order valence-corrected chi connectivity index (χ4v) is 1.40. The van der Waals surface area contributed by atoms with E-state index in [1.54, 1.807) is 12.1 Å². The van der Waals surface area contributed by atoms with E-state index >= 15 is 0 Å². The van der Waals surface area contributed by atoms with Gasteiger partial charge in [-0.3, -0.25) is 4.79 Å². The van der Waals surface area contributed by atoms with E-state index in [2.05, 4.69) is 4.74 Å². The number of hydrogen-bond acceptors (Lipinski definition) is 4. The molecule has 0 atom stereocenters. The van der Waals surface area contributed by atoms with Crippen LogP contribution in [0.4, 0.5) is 0 Å². The van der Waals surface area contributed by atoms with Crippen molar-refractivity contribution in [3.63, 3.8) is 0 Å². The van der Waals surface area contributed by atoms with Gasteiger partial charge in [-0.1, -0.05) is 12.1 Å². The van der Waals surface area contributed by atoms with Crippen LogP contribution in [0.2, 0.25) is 0 Å². The predicted octanol–water partition coefficient (Wildman–Crippen LogP) is 1.11. The number of rotatable bonds is 4. The third-order valence-corrected chi connectivity index (χ3v) is 2.05. The van der Waals surface area contributed by atoms with Gasteiger partial charge in [0.05, 0.1) is 20.6 Å². The number of para-hydroxylation sites is 1. The number of carbonyl (C=O) groups excluding carboxylic acids is 1. The van der Waals surface area contributed by atoms with Gasteiger partial charge in [0, 0.05) is 5.56 Å². The Kier molecular flexibility index (Phi) is 3.88. The Hall–Kier alpha value is -2.04. The molecule has 0 saturated heterocycles. The second kappa shape index (κ2) is 5.16. The third kappa shape index (κ3) is 2.50. The second-order valence-corrected chi connectivity index (χ2v) is 3.06. The molecule has 0 amide bonds. The largest absolute Gasteiger partial charge is 0.496 e. The normalized spacial score (nSPS) is 9.62. The Morgan fingerprint density at radius 1 is 1.31 bits per heavy atom. The molecule has 0 aliphatic heterocycles. The highest BCUT2D eigenvalue weighted by atomic mass is 16.5. The van der Waals surface area contributed by atoms with Crippen molar-refractivity contribution in [3.05, 3.63) is 29.3 Å². The van der Waals surface area contributed by atoms with Crippen molar-refractivity contribution < 1.29 is 24.2 Å². The van der Waals surface area contributed by atoms with Gasteiger partial charge in [-0.2, -0.15) is 0 Å². The lowest BCUT2D eigenvalue weighted by atomic mass is 10.1. The fourth-order valence-electron chi connectivity index (χ4n) is 1.40. The minimum absolute atomic E-state index is 0.200. The van der Waals surface area contributed by atoms with Crippen molar-refractivity contribution in [2.75, 3.05) is 14.2 Å². The highest BCUT2D eigenvalue weighted by Crippen LogP contribution is 2.24. The van der Waals surface area contributed by atoms with E-state index in [0.717, 1.165) is 0 Å². The first-order valence-corrected chi connectivity index (χ1v) is 4.56. The molecule has 0 unspecified atom stereocenters. The number of hydrogen-bond donors (Lipinski definition) is 1. The lowest BCUT2D eigenvalue weighted by Crippen LogP contribution is -2.08. The van der Waals surface area contributed by atoms with Crippen LogP contribution in [0.3, 0.4) is 0 Å². The van der Waals surface area contributed by atoms with E-state index in [0.29, 0.717) is 5.56 Å². The van der Waals surface area contributed by atoms with Gasteiger partial charge in [-0.15, -0.1) is 0 Å². The average Bonchev–Trinajstić information content (AvgIpc) is 2.27. The molecule has 0 heterocycles. The fraction of sp³-hybridized carbons (Fsp3) is 0.273. The first-order valence-electron chi connectivity index (χ1n) is 4.56. The molecule has 16 heavy (non-hydrogen) atoms. The standard InChI is InChI=1S/C11H12O5/c1-15-10-7(6-9(12)13)4-3-5-8(10)11(14)16-2/h3-5H,6H2,1-2H3,(H,12,13). The van der Waals surface area contributed by atoms with Crippen LogP contribution in [0.1, 0.15) is 15.9 Å². The van der Waals surface area contributed by atoms with Crippen molar-refractivity contribution in [1.29, 1.82) is 0 Å². The van der Waals surface area contributed by atoms with Gasteiger partial charge >= 0.3 is 11.9 Å². The van der Waals surface area contributed by atoms with Gasteiger partial charge in [0.1, 0.15) is 11.3 Å². The van der Waals surface area contributed by atoms with Crippen molar-refractivity contribution in [2.45, 2.75) is 6.42 Å². The molecule has 1 rings (SSSR count). The summed E-state index contributed by atoms with van der Waals surface area (Å²) in [7, 11) is 2.64. The molecule has 0 radical (unpaired) electrons. The molecule has 0 aliphatic rings. The van der Waals surface area contributed by atoms with Crippen LogP contribution in [0, 0.1) is 0 Å². The molecule has 0 aromatic heterocycles. The van der Waals surface area contributed by atoms with Crippen LogP contribution in [-0.2, 0) is 16.0 Å².